The maximum atomic E-state index is 11.4. The molecule has 0 saturated heterocycles. The highest BCUT2D eigenvalue weighted by Gasteiger charge is 2.24. The summed E-state index contributed by atoms with van der Waals surface area (Å²) in [5.74, 6) is 1.57. The van der Waals surface area contributed by atoms with E-state index < -0.39 is 6.04 Å². The van der Waals surface area contributed by atoms with Gasteiger partial charge in [0.1, 0.15) is 17.5 Å². The van der Waals surface area contributed by atoms with Gasteiger partial charge >= 0.3 is 5.97 Å². The fourth-order valence-corrected chi connectivity index (χ4v) is 2.35. The zero-order valence-corrected chi connectivity index (χ0v) is 13.4. The Labute approximate surface area is 126 Å². The summed E-state index contributed by atoms with van der Waals surface area (Å²) in [7, 11) is 4.62. The Morgan fingerprint density at radius 3 is 2.38 bits per heavy atom. The van der Waals surface area contributed by atoms with Crippen molar-refractivity contribution in [2.45, 2.75) is 32.2 Å². The van der Waals surface area contributed by atoms with Crippen LogP contribution in [-0.4, -0.2) is 33.3 Å². The van der Waals surface area contributed by atoms with E-state index in [1.807, 2.05) is 18.2 Å². The topological polar surface area (TPSA) is 70.8 Å². The Morgan fingerprint density at radius 1 is 1.19 bits per heavy atom. The molecule has 5 nitrogen and oxygen atoms in total. The van der Waals surface area contributed by atoms with E-state index in [0.717, 1.165) is 17.1 Å². The molecule has 3 atom stereocenters. The summed E-state index contributed by atoms with van der Waals surface area (Å²) in [5.41, 5.74) is 6.88. The van der Waals surface area contributed by atoms with E-state index >= 15 is 0 Å². The molecule has 0 aliphatic carbocycles. The first-order valence-corrected chi connectivity index (χ1v) is 6.99. The lowest BCUT2D eigenvalue weighted by Crippen LogP contribution is -2.34. The molecule has 0 aromatic heterocycles. The van der Waals surface area contributed by atoms with Gasteiger partial charge in [0.15, 0.2) is 0 Å². The third-order valence-electron chi connectivity index (χ3n) is 3.91. The molecule has 0 amide bonds. The van der Waals surface area contributed by atoms with Crippen molar-refractivity contribution >= 4 is 5.97 Å². The number of esters is 1. The van der Waals surface area contributed by atoms with Crippen LogP contribution in [0.4, 0.5) is 0 Å². The molecule has 0 bridgehead atoms. The number of methoxy groups -OCH3 is 3. The number of benzene rings is 1. The number of carbonyl (C=O) groups excluding carboxylic acids is 1. The number of carbonyl (C=O) groups is 1. The third-order valence-corrected chi connectivity index (χ3v) is 3.91. The minimum absolute atomic E-state index is 0.172. The Bertz CT molecular complexity index is 475. The Kier molecular flexibility index (Phi) is 6.49. The summed E-state index contributed by atoms with van der Waals surface area (Å²) in [4.78, 5) is 11.4. The highest BCUT2D eigenvalue weighted by molar-refractivity contribution is 5.75. The van der Waals surface area contributed by atoms with Gasteiger partial charge < -0.3 is 19.9 Å². The molecular formula is C16H25NO4. The molecule has 0 radical (unpaired) electrons. The minimum atomic E-state index is -0.607. The van der Waals surface area contributed by atoms with Crippen molar-refractivity contribution in [1.82, 2.24) is 0 Å². The second-order valence-corrected chi connectivity index (χ2v) is 5.24. The molecule has 21 heavy (non-hydrogen) atoms. The van der Waals surface area contributed by atoms with Gasteiger partial charge in [0.25, 0.3) is 0 Å². The van der Waals surface area contributed by atoms with Gasteiger partial charge in [-0.1, -0.05) is 13.8 Å². The first-order chi connectivity index (χ1) is 9.94. The Balaban J connectivity index is 2.90. The Hall–Kier alpha value is -1.75. The molecule has 0 aliphatic rings. The monoisotopic (exact) mass is 295 g/mol. The van der Waals surface area contributed by atoms with Crippen LogP contribution in [0.1, 0.15) is 31.7 Å². The minimum Gasteiger partial charge on any atom is -0.497 e. The van der Waals surface area contributed by atoms with Crippen LogP contribution in [0, 0.1) is 5.92 Å². The smallest absolute Gasteiger partial charge is 0.322 e. The molecule has 0 heterocycles. The van der Waals surface area contributed by atoms with Crippen molar-refractivity contribution in [2.75, 3.05) is 21.3 Å². The predicted octanol–water partition coefficient (Wildman–Crippen LogP) is 2.33. The SMILES string of the molecule is COC(=O)C(N)CC(C)C(C)c1cc(OC)ccc1OC. The number of nitrogens with two attached hydrogens (primary N) is 1. The molecule has 1 aromatic carbocycles. The van der Waals surface area contributed by atoms with E-state index in [-0.39, 0.29) is 17.8 Å². The summed E-state index contributed by atoms with van der Waals surface area (Å²) in [6.07, 6.45) is 0.550. The molecule has 2 N–H and O–H groups in total. The molecule has 5 heteroatoms. The first-order valence-electron chi connectivity index (χ1n) is 6.99. The van der Waals surface area contributed by atoms with Crippen LogP contribution >= 0.6 is 0 Å². The third kappa shape index (κ3) is 4.36. The number of hydrogen-bond acceptors (Lipinski definition) is 5. The van der Waals surface area contributed by atoms with E-state index in [1.165, 1.54) is 7.11 Å². The molecule has 1 aromatic rings. The van der Waals surface area contributed by atoms with E-state index in [4.69, 9.17) is 15.2 Å². The van der Waals surface area contributed by atoms with E-state index in [0.29, 0.717) is 6.42 Å². The molecule has 3 unspecified atom stereocenters. The van der Waals surface area contributed by atoms with Crippen LogP contribution in [-0.2, 0) is 9.53 Å². The fourth-order valence-electron chi connectivity index (χ4n) is 2.35. The normalized spacial score (nSPS) is 15.0. The number of ether oxygens (including phenoxy) is 3. The maximum absolute atomic E-state index is 11.4. The molecule has 0 fully saturated rings. The summed E-state index contributed by atoms with van der Waals surface area (Å²) in [6, 6.07) is 5.10. The lowest BCUT2D eigenvalue weighted by molar-refractivity contribution is -0.142. The van der Waals surface area contributed by atoms with Crippen molar-refractivity contribution in [3.8, 4) is 11.5 Å². The summed E-state index contributed by atoms with van der Waals surface area (Å²) in [5, 5.41) is 0. The van der Waals surface area contributed by atoms with Gasteiger partial charge in [-0.25, -0.2) is 0 Å². The standard InChI is InChI=1S/C16H25NO4/c1-10(8-14(17)16(18)21-5)11(2)13-9-12(19-3)6-7-15(13)20-4/h6-7,9-11,14H,8,17H2,1-5H3. The van der Waals surface area contributed by atoms with Crippen LogP contribution in [0.15, 0.2) is 18.2 Å². The van der Waals surface area contributed by atoms with Gasteiger partial charge in [-0.05, 0) is 36.5 Å². The van der Waals surface area contributed by atoms with Crippen molar-refractivity contribution in [3.05, 3.63) is 23.8 Å². The molecule has 0 spiro atoms. The highest BCUT2D eigenvalue weighted by Crippen LogP contribution is 2.35. The largest absolute Gasteiger partial charge is 0.497 e. The van der Waals surface area contributed by atoms with Gasteiger partial charge in [-0.15, -0.1) is 0 Å². The number of rotatable bonds is 7. The van der Waals surface area contributed by atoms with Crippen molar-refractivity contribution < 1.29 is 19.0 Å². The second-order valence-electron chi connectivity index (χ2n) is 5.24. The fraction of sp³-hybridized carbons (Fsp3) is 0.562. The summed E-state index contributed by atoms with van der Waals surface area (Å²) >= 11 is 0. The highest BCUT2D eigenvalue weighted by atomic mass is 16.5. The molecule has 1 rings (SSSR count). The molecule has 0 aliphatic heterocycles. The molecular weight excluding hydrogens is 270 g/mol. The lowest BCUT2D eigenvalue weighted by Gasteiger charge is -2.24. The van der Waals surface area contributed by atoms with Crippen molar-refractivity contribution in [1.29, 1.82) is 0 Å². The van der Waals surface area contributed by atoms with Crippen molar-refractivity contribution in [3.63, 3.8) is 0 Å². The van der Waals surface area contributed by atoms with Gasteiger partial charge in [0.2, 0.25) is 0 Å². The van der Waals surface area contributed by atoms with Crippen LogP contribution in [0.5, 0.6) is 11.5 Å². The zero-order chi connectivity index (χ0) is 16.0. The average molecular weight is 295 g/mol. The first kappa shape index (κ1) is 17.3. The zero-order valence-electron chi connectivity index (χ0n) is 13.4. The summed E-state index contributed by atoms with van der Waals surface area (Å²) < 4.78 is 15.3. The lowest BCUT2D eigenvalue weighted by atomic mass is 9.84. The number of hydrogen-bond donors (Lipinski definition) is 1. The Morgan fingerprint density at radius 2 is 1.86 bits per heavy atom. The average Bonchev–Trinajstić information content (AvgIpc) is 2.52. The summed E-state index contributed by atoms with van der Waals surface area (Å²) in [6.45, 7) is 4.15. The second kappa shape index (κ2) is 7.88. The van der Waals surface area contributed by atoms with Gasteiger partial charge in [0.05, 0.1) is 21.3 Å². The van der Waals surface area contributed by atoms with Crippen LogP contribution in [0.25, 0.3) is 0 Å². The van der Waals surface area contributed by atoms with Gasteiger partial charge in [-0.2, -0.15) is 0 Å². The van der Waals surface area contributed by atoms with E-state index in [9.17, 15) is 4.79 Å². The van der Waals surface area contributed by atoms with Gasteiger partial charge in [-0.3, -0.25) is 4.79 Å². The van der Waals surface area contributed by atoms with Crippen LogP contribution in [0.2, 0.25) is 0 Å². The quantitative estimate of drug-likeness (QED) is 0.782. The molecule has 0 saturated carbocycles. The van der Waals surface area contributed by atoms with Crippen LogP contribution < -0.4 is 15.2 Å². The van der Waals surface area contributed by atoms with Gasteiger partial charge in [0, 0.05) is 5.56 Å². The van der Waals surface area contributed by atoms with Crippen molar-refractivity contribution in [2.24, 2.45) is 11.7 Å². The van der Waals surface area contributed by atoms with E-state index in [2.05, 4.69) is 18.6 Å². The maximum Gasteiger partial charge on any atom is 0.322 e. The predicted molar refractivity (Wildman–Crippen MR) is 81.7 cm³/mol. The molecule has 118 valence electrons. The van der Waals surface area contributed by atoms with Crippen LogP contribution in [0.3, 0.4) is 0 Å². The van der Waals surface area contributed by atoms with E-state index in [1.54, 1.807) is 14.2 Å².